The highest BCUT2D eigenvalue weighted by Gasteiger charge is 2.48. The van der Waals surface area contributed by atoms with Crippen LogP contribution < -0.4 is 0 Å². The second-order valence-corrected chi connectivity index (χ2v) is 7.88. The first-order valence-electron chi connectivity index (χ1n) is 5.62. The summed E-state index contributed by atoms with van der Waals surface area (Å²) in [7, 11) is -3.31. The Morgan fingerprint density at radius 3 is 2.63 bits per heavy atom. The molecule has 0 radical (unpaired) electrons. The predicted octanol–water partition coefficient (Wildman–Crippen LogP) is 2.02. The minimum atomic E-state index is -3.31. The standard InChI is InChI=1S/C12H12BrFO4S/c13-10-5-9(14)2-1-8(10)6-12(11(15)16)3-4-19(17,18)7-12/h1-2,5H,3-4,6-7H2,(H,15,16). The number of carbonyl (C=O) groups is 1. The van der Waals surface area contributed by atoms with E-state index >= 15 is 0 Å². The van der Waals surface area contributed by atoms with Crippen LogP contribution in [-0.2, 0) is 21.1 Å². The van der Waals surface area contributed by atoms with Gasteiger partial charge in [-0.05, 0) is 30.5 Å². The van der Waals surface area contributed by atoms with Crippen LogP contribution in [0.15, 0.2) is 22.7 Å². The Bertz CT molecular complexity index is 629. The van der Waals surface area contributed by atoms with Crippen molar-refractivity contribution >= 4 is 31.7 Å². The highest BCUT2D eigenvalue weighted by Crippen LogP contribution is 2.37. The van der Waals surface area contributed by atoms with Gasteiger partial charge in [0.15, 0.2) is 9.84 Å². The Balaban J connectivity index is 2.35. The minimum absolute atomic E-state index is 0.0719. The maximum absolute atomic E-state index is 13.0. The van der Waals surface area contributed by atoms with Crippen molar-refractivity contribution in [3.8, 4) is 0 Å². The number of rotatable bonds is 3. The van der Waals surface area contributed by atoms with E-state index in [-0.39, 0.29) is 24.3 Å². The van der Waals surface area contributed by atoms with Crippen molar-refractivity contribution in [1.29, 1.82) is 0 Å². The first-order chi connectivity index (χ1) is 8.74. The number of carboxylic acids is 1. The first kappa shape index (κ1) is 14.5. The van der Waals surface area contributed by atoms with E-state index in [2.05, 4.69) is 15.9 Å². The van der Waals surface area contributed by atoms with Crippen molar-refractivity contribution in [2.45, 2.75) is 12.8 Å². The van der Waals surface area contributed by atoms with Gasteiger partial charge >= 0.3 is 5.97 Å². The molecular formula is C12H12BrFO4S. The van der Waals surface area contributed by atoms with E-state index in [1.165, 1.54) is 18.2 Å². The minimum Gasteiger partial charge on any atom is -0.481 e. The van der Waals surface area contributed by atoms with Gasteiger partial charge in [0.2, 0.25) is 0 Å². The van der Waals surface area contributed by atoms with E-state index < -0.39 is 27.0 Å². The molecule has 0 spiro atoms. The Kier molecular flexibility index (Phi) is 3.70. The molecule has 0 bridgehead atoms. The van der Waals surface area contributed by atoms with Crippen molar-refractivity contribution in [1.82, 2.24) is 0 Å². The maximum atomic E-state index is 13.0. The van der Waals surface area contributed by atoms with Crippen LogP contribution in [0.1, 0.15) is 12.0 Å². The lowest BCUT2D eigenvalue weighted by Crippen LogP contribution is -2.34. The van der Waals surface area contributed by atoms with Crippen LogP contribution in [0.3, 0.4) is 0 Å². The molecule has 1 heterocycles. The molecule has 1 unspecified atom stereocenters. The fourth-order valence-electron chi connectivity index (χ4n) is 2.33. The summed E-state index contributed by atoms with van der Waals surface area (Å²) in [5, 5.41) is 9.35. The third-order valence-corrected chi connectivity index (χ3v) is 5.94. The summed E-state index contributed by atoms with van der Waals surface area (Å²) >= 11 is 3.17. The predicted molar refractivity (Wildman–Crippen MR) is 71.1 cm³/mol. The van der Waals surface area contributed by atoms with Gasteiger partial charge in [0.05, 0.1) is 16.9 Å². The van der Waals surface area contributed by atoms with Crippen LogP contribution in [-0.4, -0.2) is 31.0 Å². The molecule has 1 aromatic rings. The molecule has 0 aromatic heterocycles. The van der Waals surface area contributed by atoms with Gasteiger partial charge in [-0.15, -0.1) is 0 Å². The highest BCUT2D eigenvalue weighted by molar-refractivity contribution is 9.10. The third kappa shape index (κ3) is 2.97. The average Bonchev–Trinajstić information content (AvgIpc) is 2.60. The van der Waals surface area contributed by atoms with Crippen molar-refractivity contribution in [2.24, 2.45) is 5.41 Å². The van der Waals surface area contributed by atoms with Crippen LogP contribution in [0, 0.1) is 11.2 Å². The molecule has 4 nitrogen and oxygen atoms in total. The Labute approximate surface area is 118 Å². The van der Waals surface area contributed by atoms with Crippen LogP contribution in [0.4, 0.5) is 4.39 Å². The quantitative estimate of drug-likeness (QED) is 0.905. The zero-order valence-corrected chi connectivity index (χ0v) is 12.3. The summed E-state index contributed by atoms with van der Waals surface area (Å²) in [6, 6.07) is 3.96. The summed E-state index contributed by atoms with van der Waals surface area (Å²) in [5.74, 6) is -2.03. The average molecular weight is 351 g/mol. The first-order valence-corrected chi connectivity index (χ1v) is 8.23. The number of halogens is 2. The molecular weight excluding hydrogens is 339 g/mol. The molecule has 2 rings (SSSR count). The smallest absolute Gasteiger partial charge is 0.311 e. The normalized spacial score (nSPS) is 25.4. The summed E-state index contributed by atoms with van der Waals surface area (Å²) in [5.41, 5.74) is -0.708. The molecule has 1 fully saturated rings. The number of hydrogen-bond donors (Lipinski definition) is 1. The number of sulfone groups is 1. The maximum Gasteiger partial charge on any atom is 0.311 e. The second kappa shape index (κ2) is 4.86. The van der Waals surface area contributed by atoms with Crippen molar-refractivity contribution in [2.75, 3.05) is 11.5 Å². The molecule has 1 aliphatic rings. The highest BCUT2D eigenvalue weighted by atomic mass is 79.9. The van der Waals surface area contributed by atoms with E-state index in [9.17, 15) is 22.7 Å². The summed E-state index contributed by atoms with van der Waals surface area (Å²) in [4.78, 5) is 11.4. The van der Waals surface area contributed by atoms with Crippen molar-refractivity contribution in [3.63, 3.8) is 0 Å². The fraction of sp³-hybridized carbons (Fsp3) is 0.417. The monoisotopic (exact) mass is 350 g/mol. The molecule has 1 aliphatic heterocycles. The van der Waals surface area contributed by atoms with Crippen molar-refractivity contribution in [3.05, 3.63) is 34.1 Å². The zero-order valence-electron chi connectivity index (χ0n) is 9.90. The number of benzene rings is 1. The molecule has 1 saturated heterocycles. The molecule has 0 amide bonds. The van der Waals surface area contributed by atoms with Gasteiger partial charge in [-0.1, -0.05) is 22.0 Å². The van der Waals surface area contributed by atoms with Gasteiger partial charge in [-0.2, -0.15) is 0 Å². The third-order valence-electron chi connectivity index (χ3n) is 3.39. The van der Waals surface area contributed by atoms with Crippen LogP contribution in [0.5, 0.6) is 0 Å². The van der Waals surface area contributed by atoms with Crippen molar-refractivity contribution < 1.29 is 22.7 Å². The Hall–Kier alpha value is -0.950. The van der Waals surface area contributed by atoms with Gasteiger partial charge in [0, 0.05) is 4.47 Å². The van der Waals surface area contributed by atoms with E-state index in [1.54, 1.807) is 0 Å². The van der Waals surface area contributed by atoms with Gasteiger partial charge < -0.3 is 5.11 Å². The summed E-state index contributed by atoms with van der Waals surface area (Å²) < 4.78 is 36.5. The van der Waals surface area contributed by atoms with Crippen LogP contribution in [0.2, 0.25) is 0 Å². The van der Waals surface area contributed by atoms with Crippen LogP contribution >= 0.6 is 15.9 Å². The fourth-order valence-corrected chi connectivity index (χ4v) is 4.88. The Morgan fingerprint density at radius 1 is 1.47 bits per heavy atom. The lowest BCUT2D eigenvalue weighted by molar-refractivity contribution is -0.147. The molecule has 1 atom stereocenters. The Morgan fingerprint density at radius 2 is 2.16 bits per heavy atom. The SMILES string of the molecule is O=C(O)C1(Cc2ccc(F)cc2Br)CCS(=O)(=O)C1. The number of aliphatic carboxylic acids is 1. The molecule has 1 N–H and O–H groups in total. The van der Waals surface area contributed by atoms with Crippen LogP contribution in [0.25, 0.3) is 0 Å². The van der Waals surface area contributed by atoms with Gasteiger partial charge in [0.1, 0.15) is 5.82 Å². The molecule has 0 saturated carbocycles. The van der Waals surface area contributed by atoms with Gasteiger partial charge in [0.25, 0.3) is 0 Å². The second-order valence-electron chi connectivity index (χ2n) is 4.84. The van der Waals surface area contributed by atoms with Gasteiger partial charge in [-0.25, -0.2) is 12.8 Å². The molecule has 0 aliphatic carbocycles. The largest absolute Gasteiger partial charge is 0.481 e. The van der Waals surface area contributed by atoms with E-state index in [0.717, 1.165) is 0 Å². The lowest BCUT2D eigenvalue weighted by atomic mass is 9.81. The summed E-state index contributed by atoms with van der Waals surface area (Å²) in [6.07, 6.45) is 0.164. The van der Waals surface area contributed by atoms with E-state index in [1.807, 2.05) is 0 Å². The molecule has 1 aromatic carbocycles. The van der Waals surface area contributed by atoms with E-state index in [4.69, 9.17) is 0 Å². The van der Waals surface area contributed by atoms with Gasteiger partial charge in [-0.3, -0.25) is 4.79 Å². The number of hydrogen-bond acceptors (Lipinski definition) is 3. The molecule has 19 heavy (non-hydrogen) atoms. The zero-order chi connectivity index (χ0) is 14.3. The molecule has 7 heteroatoms. The lowest BCUT2D eigenvalue weighted by Gasteiger charge is -2.23. The molecule has 104 valence electrons. The number of carboxylic acid groups (broad SMARTS) is 1. The summed E-state index contributed by atoms with van der Waals surface area (Å²) in [6.45, 7) is 0. The van der Waals surface area contributed by atoms with E-state index in [0.29, 0.717) is 10.0 Å². The topological polar surface area (TPSA) is 71.4 Å².